The van der Waals surface area contributed by atoms with Gasteiger partial charge in [-0.15, -0.1) is 10.2 Å². The Hall–Kier alpha value is -2.48. The summed E-state index contributed by atoms with van der Waals surface area (Å²) < 4.78 is 2.00. The number of aromatic nitrogens is 4. The molecule has 0 unspecified atom stereocenters. The number of pyridine rings is 1. The third kappa shape index (κ3) is 3.88. The molecule has 3 aromatic heterocycles. The molecule has 3 rings (SSSR count). The Morgan fingerprint density at radius 2 is 2.08 bits per heavy atom. The lowest BCUT2D eigenvalue weighted by Gasteiger charge is -2.09. The second-order valence-corrected chi connectivity index (χ2v) is 6.76. The molecule has 3 aromatic rings. The van der Waals surface area contributed by atoms with Crippen molar-refractivity contribution in [1.29, 1.82) is 0 Å². The summed E-state index contributed by atoms with van der Waals surface area (Å²) in [5.41, 5.74) is 1.90. The molecule has 3 heterocycles. The third-order valence-electron chi connectivity index (χ3n) is 3.46. The summed E-state index contributed by atoms with van der Waals surface area (Å²) in [6, 6.07) is 5.95. The normalized spacial score (nSPS) is 12.1. The van der Waals surface area contributed by atoms with Gasteiger partial charge in [0.1, 0.15) is 15.7 Å². The van der Waals surface area contributed by atoms with Gasteiger partial charge in [-0.3, -0.25) is 4.99 Å². The number of nitrogens with one attached hydrogen (secondary N) is 2. The van der Waals surface area contributed by atoms with Gasteiger partial charge in [0.25, 0.3) is 0 Å². The standard InChI is InChI=1S/C16H21N7S/c1-11(2)15-22-21-14(24-15)9-19-16(17-3)18-8-12-10-23-7-5-4-6-13(23)20-12/h4-7,10-11H,8-9H2,1-3H3,(H2,17,18,19). The molecule has 0 saturated heterocycles. The Bertz CT molecular complexity index is 801. The minimum absolute atomic E-state index is 0.406. The van der Waals surface area contributed by atoms with Crippen LogP contribution in [-0.4, -0.2) is 32.6 Å². The Kier molecular flexibility index (Phi) is 5.05. The summed E-state index contributed by atoms with van der Waals surface area (Å²) >= 11 is 1.63. The van der Waals surface area contributed by atoms with E-state index in [4.69, 9.17) is 0 Å². The van der Waals surface area contributed by atoms with Gasteiger partial charge in [0, 0.05) is 25.4 Å². The topological polar surface area (TPSA) is 79.5 Å². The van der Waals surface area contributed by atoms with Gasteiger partial charge in [-0.25, -0.2) is 4.98 Å². The highest BCUT2D eigenvalue weighted by Crippen LogP contribution is 2.18. The highest BCUT2D eigenvalue weighted by atomic mass is 32.1. The van der Waals surface area contributed by atoms with Crippen LogP contribution in [-0.2, 0) is 13.1 Å². The van der Waals surface area contributed by atoms with Crippen LogP contribution in [0.3, 0.4) is 0 Å². The van der Waals surface area contributed by atoms with E-state index >= 15 is 0 Å². The van der Waals surface area contributed by atoms with E-state index in [1.54, 1.807) is 18.4 Å². The molecule has 0 bridgehead atoms. The van der Waals surface area contributed by atoms with Gasteiger partial charge in [-0.05, 0) is 12.1 Å². The van der Waals surface area contributed by atoms with E-state index in [-0.39, 0.29) is 0 Å². The summed E-state index contributed by atoms with van der Waals surface area (Å²) in [7, 11) is 1.75. The first-order chi connectivity index (χ1) is 11.7. The fraction of sp³-hybridized carbons (Fsp3) is 0.375. The van der Waals surface area contributed by atoms with E-state index in [2.05, 4.69) is 44.7 Å². The van der Waals surface area contributed by atoms with Crippen LogP contribution < -0.4 is 10.6 Å². The van der Waals surface area contributed by atoms with Gasteiger partial charge in [-0.2, -0.15) is 0 Å². The van der Waals surface area contributed by atoms with Crippen molar-refractivity contribution in [3.8, 4) is 0 Å². The molecule has 8 heteroatoms. The van der Waals surface area contributed by atoms with Crippen molar-refractivity contribution in [3.05, 3.63) is 46.3 Å². The molecule has 0 amide bonds. The van der Waals surface area contributed by atoms with E-state index in [9.17, 15) is 0 Å². The molecule has 0 spiro atoms. The molecular formula is C16H21N7S. The highest BCUT2D eigenvalue weighted by molar-refractivity contribution is 7.11. The third-order valence-corrected chi connectivity index (χ3v) is 4.68. The second-order valence-electron chi connectivity index (χ2n) is 5.67. The van der Waals surface area contributed by atoms with Gasteiger partial charge in [0.2, 0.25) is 0 Å². The molecule has 0 radical (unpaired) electrons. The van der Waals surface area contributed by atoms with E-state index < -0.39 is 0 Å². The lowest BCUT2D eigenvalue weighted by molar-refractivity contribution is 0.778. The average Bonchev–Trinajstić information content (AvgIpc) is 3.21. The first-order valence-corrected chi connectivity index (χ1v) is 8.66. The predicted octanol–water partition coefficient (Wildman–Crippen LogP) is 2.17. The molecule has 0 fully saturated rings. The Morgan fingerprint density at radius 3 is 2.79 bits per heavy atom. The van der Waals surface area contributed by atoms with E-state index in [1.165, 1.54) is 0 Å². The number of fused-ring (bicyclic) bond motifs is 1. The maximum Gasteiger partial charge on any atom is 0.191 e. The van der Waals surface area contributed by atoms with Crippen LogP contribution in [0.1, 0.15) is 35.5 Å². The predicted molar refractivity (Wildman–Crippen MR) is 96.2 cm³/mol. The van der Waals surface area contributed by atoms with E-state index in [0.29, 0.717) is 25.0 Å². The largest absolute Gasteiger partial charge is 0.351 e. The molecule has 0 aromatic carbocycles. The lowest BCUT2D eigenvalue weighted by atomic mass is 10.2. The van der Waals surface area contributed by atoms with Gasteiger partial charge >= 0.3 is 0 Å². The molecular weight excluding hydrogens is 322 g/mol. The van der Waals surface area contributed by atoms with Crippen molar-refractivity contribution in [2.24, 2.45) is 4.99 Å². The van der Waals surface area contributed by atoms with Crippen molar-refractivity contribution >= 4 is 22.9 Å². The number of guanidine groups is 1. The summed E-state index contributed by atoms with van der Waals surface area (Å²) in [5, 5.41) is 16.9. The number of hydrogen-bond donors (Lipinski definition) is 2. The van der Waals surface area contributed by atoms with Crippen molar-refractivity contribution in [2.45, 2.75) is 32.9 Å². The number of rotatable bonds is 5. The smallest absolute Gasteiger partial charge is 0.191 e. The van der Waals surface area contributed by atoms with Crippen LogP contribution in [0.5, 0.6) is 0 Å². The zero-order valence-electron chi connectivity index (χ0n) is 14.0. The van der Waals surface area contributed by atoms with Crippen LogP contribution in [0.15, 0.2) is 35.6 Å². The summed E-state index contributed by atoms with van der Waals surface area (Å²) in [5.74, 6) is 1.12. The molecule has 0 atom stereocenters. The van der Waals surface area contributed by atoms with Gasteiger partial charge in [0.05, 0.1) is 18.8 Å². The number of hydrogen-bond acceptors (Lipinski definition) is 5. The van der Waals surface area contributed by atoms with Crippen LogP contribution in [0.25, 0.3) is 5.65 Å². The molecule has 2 N–H and O–H groups in total. The Morgan fingerprint density at radius 1 is 1.25 bits per heavy atom. The molecule has 0 aliphatic heterocycles. The summed E-state index contributed by atoms with van der Waals surface area (Å²) in [6.07, 6.45) is 4.00. The van der Waals surface area contributed by atoms with Crippen molar-refractivity contribution in [1.82, 2.24) is 30.2 Å². The van der Waals surface area contributed by atoms with E-state index in [1.807, 2.05) is 35.0 Å². The maximum absolute atomic E-state index is 4.56. The molecule has 0 aliphatic carbocycles. The summed E-state index contributed by atoms with van der Waals surface area (Å²) in [4.78, 5) is 8.79. The average molecular weight is 343 g/mol. The van der Waals surface area contributed by atoms with Crippen molar-refractivity contribution in [2.75, 3.05) is 7.05 Å². The van der Waals surface area contributed by atoms with Gasteiger partial charge < -0.3 is 15.0 Å². The quantitative estimate of drug-likeness (QED) is 0.548. The maximum atomic E-state index is 4.56. The Labute approximate surface area is 144 Å². The van der Waals surface area contributed by atoms with Crippen molar-refractivity contribution < 1.29 is 0 Å². The zero-order valence-corrected chi connectivity index (χ0v) is 14.8. The minimum atomic E-state index is 0.406. The monoisotopic (exact) mass is 343 g/mol. The van der Waals surface area contributed by atoms with Crippen LogP contribution in [0.2, 0.25) is 0 Å². The molecule has 0 saturated carbocycles. The first-order valence-electron chi connectivity index (χ1n) is 7.85. The lowest BCUT2D eigenvalue weighted by Crippen LogP contribution is -2.36. The second kappa shape index (κ2) is 7.39. The van der Waals surface area contributed by atoms with E-state index in [0.717, 1.165) is 21.4 Å². The minimum Gasteiger partial charge on any atom is -0.351 e. The molecule has 126 valence electrons. The van der Waals surface area contributed by atoms with Gasteiger partial charge in [-0.1, -0.05) is 31.3 Å². The van der Waals surface area contributed by atoms with Crippen LogP contribution >= 0.6 is 11.3 Å². The molecule has 7 nitrogen and oxygen atoms in total. The van der Waals surface area contributed by atoms with Crippen LogP contribution in [0, 0.1) is 0 Å². The fourth-order valence-electron chi connectivity index (χ4n) is 2.20. The Balaban J connectivity index is 1.54. The fourth-order valence-corrected chi connectivity index (χ4v) is 2.98. The summed E-state index contributed by atoms with van der Waals surface area (Å²) in [6.45, 7) is 5.45. The first kappa shape index (κ1) is 16.4. The highest BCUT2D eigenvalue weighted by Gasteiger charge is 2.08. The van der Waals surface area contributed by atoms with Gasteiger partial charge in [0.15, 0.2) is 5.96 Å². The number of imidazole rings is 1. The molecule has 0 aliphatic rings. The number of aliphatic imine (C=N–C) groups is 1. The SMILES string of the molecule is CN=C(NCc1cn2ccccc2n1)NCc1nnc(C(C)C)s1. The number of nitrogens with zero attached hydrogens (tertiary/aromatic N) is 5. The van der Waals surface area contributed by atoms with Crippen molar-refractivity contribution in [3.63, 3.8) is 0 Å². The zero-order chi connectivity index (χ0) is 16.9. The van der Waals surface area contributed by atoms with Crippen LogP contribution in [0.4, 0.5) is 0 Å². The molecule has 24 heavy (non-hydrogen) atoms.